The van der Waals surface area contributed by atoms with Crippen LogP contribution in [0.15, 0.2) is 42.5 Å². The van der Waals surface area contributed by atoms with E-state index in [0.29, 0.717) is 12.0 Å². The second-order valence-electron chi connectivity index (χ2n) is 6.70. The Morgan fingerprint density at radius 3 is 2.59 bits per heavy atom. The summed E-state index contributed by atoms with van der Waals surface area (Å²) in [5.74, 6) is 3.05. The van der Waals surface area contributed by atoms with Gasteiger partial charge in [0.05, 0.1) is 19.7 Å². The molecule has 1 aliphatic carbocycles. The zero-order valence-electron chi connectivity index (χ0n) is 15.7. The minimum absolute atomic E-state index is 0.519. The lowest BCUT2D eigenvalue weighted by atomic mass is 10.1. The van der Waals surface area contributed by atoms with Crippen LogP contribution in [0.1, 0.15) is 18.4 Å². The molecular weight excluding hydrogens is 340 g/mol. The fourth-order valence-electron chi connectivity index (χ4n) is 3.05. The Hall–Kier alpha value is -3.02. The summed E-state index contributed by atoms with van der Waals surface area (Å²) < 4.78 is 10.7. The maximum atomic E-state index is 5.38. The van der Waals surface area contributed by atoms with Gasteiger partial charge in [0.1, 0.15) is 5.82 Å². The number of ether oxygens (including phenoxy) is 2. The molecule has 0 saturated heterocycles. The molecule has 1 heterocycles. The van der Waals surface area contributed by atoms with E-state index in [4.69, 9.17) is 14.5 Å². The van der Waals surface area contributed by atoms with Gasteiger partial charge in [-0.3, -0.25) is 0 Å². The molecule has 1 aromatic heterocycles. The fraction of sp³-hybridized carbons (Fsp3) is 0.333. The Bertz CT molecular complexity index is 941. The first-order valence-electron chi connectivity index (χ1n) is 9.25. The molecule has 140 valence electrons. The average molecular weight is 364 g/mol. The van der Waals surface area contributed by atoms with E-state index < -0.39 is 0 Å². The molecule has 27 heavy (non-hydrogen) atoms. The van der Waals surface area contributed by atoms with Crippen LogP contribution < -0.4 is 20.1 Å². The molecule has 6 heteroatoms. The quantitative estimate of drug-likeness (QED) is 0.632. The van der Waals surface area contributed by atoms with Crippen LogP contribution in [0.3, 0.4) is 0 Å². The highest BCUT2D eigenvalue weighted by Gasteiger charge is 2.22. The maximum absolute atomic E-state index is 5.38. The summed E-state index contributed by atoms with van der Waals surface area (Å²) in [5, 5.41) is 7.90. The molecule has 0 spiro atoms. The van der Waals surface area contributed by atoms with Crippen molar-refractivity contribution in [1.82, 2.24) is 9.97 Å². The lowest BCUT2D eigenvalue weighted by Crippen LogP contribution is -2.11. The maximum Gasteiger partial charge on any atom is 0.225 e. The van der Waals surface area contributed by atoms with Gasteiger partial charge in [-0.15, -0.1) is 0 Å². The highest BCUT2D eigenvalue weighted by Crippen LogP contribution is 2.28. The van der Waals surface area contributed by atoms with Crippen LogP contribution >= 0.6 is 0 Å². The largest absolute Gasteiger partial charge is 0.493 e. The van der Waals surface area contributed by atoms with Crippen LogP contribution in [0, 0.1) is 0 Å². The van der Waals surface area contributed by atoms with E-state index in [-0.39, 0.29) is 0 Å². The van der Waals surface area contributed by atoms with Crippen LogP contribution in [0.4, 0.5) is 11.8 Å². The van der Waals surface area contributed by atoms with Crippen molar-refractivity contribution in [2.45, 2.75) is 25.3 Å². The predicted octanol–water partition coefficient (Wildman–Crippen LogP) is 3.88. The molecule has 1 saturated carbocycles. The number of hydrogen-bond donors (Lipinski definition) is 2. The molecule has 0 aliphatic heterocycles. The molecular formula is C21H24N4O2. The van der Waals surface area contributed by atoms with Crippen LogP contribution in [-0.2, 0) is 6.42 Å². The minimum Gasteiger partial charge on any atom is -0.493 e. The number of nitrogens with zero attached hydrogens (tertiary/aromatic N) is 2. The molecule has 1 aliphatic rings. The van der Waals surface area contributed by atoms with Crippen molar-refractivity contribution in [3.8, 4) is 11.5 Å². The van der Waals surface area contributed by atoms with Gasteiger partial charge in [-0.25, -0.2) is 4.98 Å². The molecule has 0 atom stereocenters. The van der Waals surface area contributed by atoms with Crippen LogP contribution in [0.5, 0.6) is 11.5 Å². The number of aromatic nitrogens is 2. The number of benzene rings is 2. The molecule has 0 unspecified atom stereocenters. The molecule has 2 N–H and O–H groups in total. The Kier molecular flexibility index (Phi) is 4.96. The summed E-state index contributed by atoms with van der Waals surface area (Å²) in [6.07, 6.45) is 3.24. The van der Waals surface area contributed by atoms with E-state index in [2.05, 4.69) is 27.8 Å². The number of anilines is 2. The molecule has 6 nitrogen and oxygen atoms in total. The lowest BCUT2D eigenvalue weighted by molar-refractivity contribution is 0.354. The van der Waals surface area contributed by atoms with Gasteiger partial charge in [0.15, 0.2) is 11.5 Å². The average Bonchev–Trinajstić information content (AvgIpc) is 3.51. The van der Waals surface area contributed by atoms with Gasteiger partial charge in [-0.1, -0.05) is 18.2 Å². The van der Waals surface area contributed by atoms with Crippen LogP contribution in [0.2, 0.25) is 0 Å². The van der Waals surface area contributed by atoms with Crippen LogP contribution in [-0.4, -0.2) is 36.8 Å². The van der Waals surface area contributed by atoms with E-state index in [1.54, 1.807) is 14.2 Å². The summed E-state index contributed by atoms with van der Waals surface area (Å²) in [6.45, 7) is 0.763. The Morgan fingerprint density at radius 1 is 1.00 bits per heavy atom. The van der Waals surface area contributed by atoms with E-state index in [1.807, 2.05) is 30.3 Å². The number of rotatable bonds is 8. The first-order valence-corrected chi connectivity index (χ1v) is 9.25. The van der Waals surface area contributed by atoms with Crippen molar-refractivity contribution in [3.05, 3.63) is 48.0 Å². The van der Waals surface area contributed by atoms with Crippen molar-refractivity contribution in [2.24, 2.45) is 0 Å². The van der Waals surface area contributed by atoms with E-state index >= 15 is 0 Å². The van der Waals surface area contributed by atoms with E-state index in [9.17, 15) is 0 Å². The van der Waals surface area contributed by atoms with Gasteiger partial charge in [0.2, 0.25) is 5.95 Å². The minimum atomic E-state index is 0.519. The van der Waals surface area contributed by atoms with Crippen molar-refractivity contribution >= 4 is 22.7 Å². The predicted molar refractivity (Wildman–Crippen MR) is 108 cm³/mol. The number of methoxy groups -OCH3 is 2. The first-order chi connectivity index (χ1) is 13.3. The Labute approximate surface area is 158 Å². The van der Waals surface area contributed by atoms with Gasteiger partial charge in [-0.05, 0) is 49.1 Å². The van der Waals surface area contributed by atoms with Crippen LogP contribution in [0.25, 0.3) is 10.9 Å². The smallest absolute Gasteiger partial charge is 0.225 e. The fourth-order valence-corrected chi connectivity index (χ4v) is 3.05. The SMILES string of the molecule is COc1ccc(CCNc2nc(NC3CC3)nc3ccccc23)cc1OC. The van der Waals surface area contributed by atoms with Gasteiger partial charge in [-0.2, -0.15) is 4.98 Å². The summed E-state index contributed by atoms with van der Waals surface area (Å²) in [7, 11) is 3.30. The van der Waals surface area contributed by atoms with E-state index in [1.165, 1.54) is 18.4 Å². The van der Waals surface area contributed by atoms with Crippen molar-refractivity contribution in [3.63, 3.8) is 0 Å². The highest BCUT2D eigenvalue weighted by atomic mass is 16.5. The topological polar surface area (TPSA) is 68.3 Å². The first kappa shape index (κ1) is 17.4. The van der Waals surface area contributed by atoms with Gasteiger partial charge >= 0.3 is 0 Å². The number of fused-ring (bicyclic) bond motifs is 1. The summed E-state index contributed by atoms with van der Waals surface area (Å²) in [5.41, 5.74) is 2.12. The van der Waals surface area contributed by atoms with Gasteiger partial charge < -0.3 is 20.1 Å². The third-order valence-corrected chi connectivity index (χ3v) is 4.67. The van der Waals surface area contributed by atoms with E-state index in [0.717, 1.165) is 41.2 Å². The lowest BCUT2D eigenvalue weighted by Gasteiger charge is -2.12. The Balaban J connectivity index is 1.49. The molecule has 0 bridgehead atoms. The van der Waals surface area contributed by atoms with Gasteiger partial charge in [0.25, 0.3) is 0 Å². The summed E-state index contributed by atoms with van der Waals surface area (Å²) in [6, 6.07) is 14.6. The van der Waals surface area contributed by atoms with Crippen molar-refractivity contribution in [2.75, 3.05) is 31.4 Å². The highest BCUT2D eigenvalue weighted by molar-refractivity contribution is 5.90. The summed E-state index contributed by atoms with van der Waals surface area (Å²) in [4.78, 5) is 9.33. The molecule has 2 aromatic carbocycles. The zero-order chi connectivity index (χ0) is 18.6. The molecule has 3 aromatic rings. The second-order valence-corrected chi connectivity index (χ2v) is 6.70. The monoisotopic (exact) mass is 364 g/mol. The zero-order valence-corrected chi connectivity index (χ0v) is 15.7. The number of nitrogens with one attached hydrogen (secondary N) is 2. The second kappa shape index (κ2) is 7.70. The van der Waals surface area contributed by atoms with Gasteiger partial charge in [0, 0.05) is 18.0 Å². The number of hydrogen-bond acceptors (Lipinski definition) is 6. The molecule has 0 amide bonds. The molecule has 0 radical (unpaired) electrons. The standard InChI is InChI=1S/C21H24N4O2/c1-26-18-10-7-14(13-19(18)27-2)11-12-22-20-16-5-3-4-6-17(16)24-21(25-20)23-15-8-9-15/h3-7,10,13,15H,8-9,11-12H2,1-2H3,(H2,22,23,24,25). The van der Waals surface area contributed by atoms with Crippen molar-refractivity contribution in [1.29, 1.82) is 0 Å². The third-order valence-electron chi connectivity index (χ3n) is 4.67. The summed E-state index contributed by atoms with van der Waals surface area (Å²) >= 11 is 0. The molecule has 4 rings (SSSR count). The van der Waals surface area contributed by atoms with Crippen molar-refractivity contribution < 1.29 is 9.47 Å². The third kappa shape index (κ3) is 4.05. The normalized spacial score (nSPS) is 13.4. The Morgan fingerprint density at radius 2 is 1.81 bits per heavy atom. The molecule has 1 fully saturated rings. The number of para-hydroxylation sites is 1.